The van der Waals surface area contributed by atoms with Crippen molar-refractivity contribution in [2.24, 2.45) is 0 Å². The molecule has 0 bridgehead atoms. The molecule has 1 atom stereocenters. The number of aryl methyl sites for hydroxylation is 1. The average Bonchev–Trinajstić information content (AvgIpc) is 2.74. The standard InChI is InChI=1S/C15H17N3OS/c1-4-6-10(5-2)18-14(19)13-12(16)11-8-7-9(3)17-15(11)20-13/h1,7-8,10H,5-6,16H2,2-3H3,(H,18,19). The monoisotopic (exact) mass is 287 g/mol. The Morgan fingerprint density at radius 2 is 2.35 bits per heavy atom. The van der Waals surface area contributed by atoms with Gasteiger partial charge in [0.05, 0.1) is 5.69 Å². The van der Waals surface area contributed by atoms with Crippen molar-refractivity contribution in [3.8, 4) is 12.3 Å². The Labute approximate surface area is 122 Å². The Kier molecular flexibility index (Phi) is 4.26. The summed E-state index contributed by atoms with van der Waals surface area (Å²) in [7, 11) is 0. The molecule has 4 nitrogen and oxygen atoms in total. The minimum Gasteiger partial charge on any atom is -0.397 e. The molecule has 2 heterocycles. The van der Waals surface area contributed by atoms with E-state index >= 15 is 0 Å². The highest BCUT2D eigenvalue weighted by Gasteiger charge is 2.19. The Morgan fingerprint density at radius 3 is 3.00 bits per heavy atom. The van der Waals surface area contributed by atoms with E-state index in [4.69, 9.17) is 12.2 Å². The SMILES string of the molecule is C#CCC(CC)NC(=O)c1sc2nc(C)ccc2c1N. The molecule has 0 saturated carbocycles. The lowest BCUT2D eigenvalue weighted by Gasteiger charge is -2.13. The van der Waals surface area contributed by atoms with Gasteiger partial charge in [0.1, 0.15) is 9.71 Å². The van der Waals surface area contributed by atoms with Gasteiger partial charge >= 0.3 is 0 Å². The summed E-state index contributed by atoms with van der Waals surface area (Å²) < 4.78 is 0. The highest BCUT2D eigenvalue weighted by molar-refractivity contribution is 7.21. The first-order chi connectivity index (χ1) is 9.56. The maximum atomic E-state index is 12.3. The van der Waals surface area contributed by atoms with Crippen molar-refractivity contribution >= 4 is 33.1 Å². The first-order valence-electron chi connectivity index (χ1n) is 6.46. The summed E-state index contributed by atoms with van der Waals surface area (Å²) in [5.74, 6) is 2.39. The van der Waals surface area contributed by atoms with E-state index in [9.17, 15) is 4.79 Å². The van der Waals surface area contributed by atoms with Gasteiger partial charge in [-0.15, -0.1) is 23.7 Å². The first-order valence-corrected chi connectivity index (χ1v) is 7.28. The molecule has 0 aromatic carbocycles. The van der Waals surface area contributed by atoms with E-state index in [1.807, 2.05) is 26.0 Å². The predicted octanol–water partition coefficient (Wildman–Crippen LogP) is 2.72. The van der Waals surface area contributed by atoms with Crippen LogP contribution in [0, 0.1) is 19.3 Å². The van der Waals surface area contributed by atoms with E-state index in [1.54, 1.807) is 0 Å². The van der Waals surface area contributed by atoms with Gasteiger partial charge in [0.25, 0.3) is 5.91 Å². The van der Waals surface area contributed by atoms with Crippen molar-refractivity contribution < 1.29 is 4.79 Å². The van der Waals surface area contributed by atoms with Crippen LogP contribution in [0.2, 0.25) is 0 Å². The van der Waals surface area contributed by atoms with E-state index in [1.165, 1.54) is 11.3 Å². The third kappa shape index (κ3) is 2.75. The number of nitrogens with one attached hydrogen (secondary N) is 1. The summed E-state index contributed by atoms with van der Waals surface area (Å²) in [6.45, 7) is 3.90. The number of nitrogens with two attached hydrogens (primary N) is 1. The lowest BCUT2D eigenvalue weighted by atomic mass is 10.1. The van der Waals surface area contributed by atoms with Crippen molar-refractivity contribution in [3.05, 3.63) is 22.7 Å². The molecule has 0 spiro atoms. The van der Waals surface area contributed by atoms with Gasteiger partial charge in [0.2, 0.25) is 0 Å². The van der Waals surface area contributed by atoms with Crippen LogP contribution in [0.15, 0.2) is 12.1 Å². The number of amides is 1. The molecule has 0 aliphatic rings. The fraction of sp³-hybridized carbons (Fsp3) is 0.333. The fourth-order valence-electron chi connectivity index (χ4n) is 1.95. The largest absolute Gasteiger partial charge is 0.397 e. The zero-order chi connectivity index (χ0) is 14.7. The van der Waals surface area contributed by atoms with Gasteiger partial charge in [0.15, 0.2) is 0 Å². The van der Waals surface area contributed by atoms with Crippen LogP contribution in [-0.2, 0) is 0 Å². The number of carbonyl (C=O) groups is 1. The molecule has 0 fully saturated rings. The highest BCUT2D eigenvalue weighted by Crippen LogP contribution is 2.32. The molecule has 0 aliphatic carbocycles. The summed E-state index contributed by atoms with van der Waals surface area (Å²) in [6, 6.07) is 3.77. The van der Waals surface area contributed by atoms with Gasteiger partial charge in [-0.25, -0.2) is 4.98 Å². The minimum absolute atomic E-state index is 0.0215. The Balaban J connectivity index is 2.31. The zero-order valence-electron chi connectivity index (χ0n) is 11.6. The molecule has 20 heavy (non-hydrogen) atoms. The highest BCUT2D eigenvalue weighted by atomic mass is 32.1. The van der Waals surface area contributed by atoms with Gasteiger partial charge < -0.3 is 11.1 Å². The van der Waals surface area contributed by atoms with E-state index in [2.05, 4.69) is 16.2 Å². The summed E-state index contributed by atoms with van der Waals surface area (Å²) in [4.78, 5) is 18.0. The van der Waals surface area contributed by atoms with Crippen molar-refractivity contribution in [1.82, 2.24) is 10.3 Å². The molecule has 2 aromatic heterocycles. The molecule has 2 aromatic rings. The van der Waals surface area contributed by atoms with Crippen LogP contribution < -0.4 is 11.1 Å². The normalized spacial score (nSPS) is 12.1. The number of anilines is 1. The summed E-state index contributed by atoms with van der Waals surface area (Å²) >= 11 is 1.32. The second-order valence-electron chi connectivity index (χ2n) is 4.64. The Hall–Kier alpha value is -2.06. The molecule has 0 saturated heterocycles. The second kappa shape index (κ2) is 5.93. The van der Waals surface area contributed by atoms with Gasteiger partial charge in [0, 0.05) is 23.5 Å². The topological polar surface area (TPSA) is 68.0 Å². The van der Waals surface area contributed by atoms with Gasteiger partial charge in [-0.1, -0.05) is 6.92 Å². The van der Waals surface area contributed by atoms with Crippen LogP contribution >= 0.6 is 11.3 Å². The van der Waals surface area contributed by atoms with Crippen LogP contribution in [0.1, 0.15) is 35.1 Å². The maximum Gasteiger partial charge on any atom is 0.263 e. The summed E-state index contributed by atoms with van der Waals surface area (Å²) in [5, 5.41) is 3.75. The number of hydrogen-bond acceptors (Lipinski definition) is 4. The zero-order valence-corrected chi connectivity index (χ0v) is 12.4. The molecule has 5 heteroatoms. The number of aromatic nitrogens is 1. The molecule has 1 unspecified atom stereocenters. The molecule has 3 N–H and O–H groups in total. The van der Waals surface area contributed by atoms with Gasteiger partial charge in [-0.2, -0.15) is 0 Å². The maximum absolute atomic E-state index is 12.3. The number of terminal acetylenes is 1. The molecule has 2 rings (SSSR count). The third-order valence-corrected chi connectivity index (χ3v) is 4.25. The number of nitrogen functional groups attached to an aromatic ring is 1. The van der Waals surface area contributed by atoms with Crippen molar-refractivity contribution in [3.63, 3.8) is 0 Å². The van der Waals surface area contributed by atoms with Crippen LogP contribution in [0.25, 0.3) is 10.2 Å². The van der Waals surface area contributed by atoms with E-state index in [0.717, 1.165) is 22.3 Å². The smallest absolute Gasteiger partial charge is 0.263 e. The van der Waals surface area contributed by atoms with Gasteiger partial charge in [-0.05, 0) is 25.5 Å². The number of nitrogens with zero attached hydrogens (tertiary/aromatic N) is 1. The number of carbonyl (C=O) groups excluding carboxylic acids is 1. The third-order valence-electron chi connectivity index (χ3n) is 3.13. The van der Waals surface area contributed by atoms with Crippen LogP contribution in [0.4, 0.5) is 5.69 Å². The molecule has 1 amide bonds. The van der Waals surface area contributed by atoms with E-state index < -0.39 is 0 Å². The fourth-order valence-corrected chi connectivity index (χ4v) is 2.99. The van der Waals surface area contributed by atoms with Gasteiger partial charge in [-0.3, -0.25) is 4.79 Å². The minimum atomic E-state index is -0.176. The predicted molar refractivity (Wildman–Crippen MR) is 83.8 cm³/mol. The van der Waals surface area contributed by atoms with Crippen LogP contribution in [-0.4, -0.2) is 16.9 Å². The summed E-state index contributed by atoms with van der Waals surface area (Å²) in [6.07, 6.45) is 6.60. The number of thiophene rings is 1. The van der Waals surface area contributed by atoms with Crippen LogP contribution in [0.5, 0.6) is 0 Å². The average molecular weight is 287 g/mol. The first kappa shape index (κ1) is 14.4. The molecule has 0 radical (unpaired) electrons. The number of hydrogen-bond donors (Lipinski definition) is 2. The molecule has 0 aliphatic heterocycles. The summed E-state index contributed by atoms with van der Waals surface area (Å²) in [5.41, 5.74) is 7.45. The lowest BCUT2D eigenvalue weighted by molar-refractivity contribution is 0.0941. The van der Waals surface area contributed by atoms with Crippen molar-refractivity contribution in [2.45, 2.75) is 32.7 Å². The molecular weight excluding hydrogens is 270 g/mol. The number of rotatable bonds is 4. The van der Waals surface area contributed by atoms with Crippen molar-refractivity contribution in [1.29, 1.82) is 0 Å². The Bertz CT molecular complexity index is 684. The van der Waals surface area contributed by atoms with E-state index in [-0.39, 0.29) is 11.9 Å². The molecular formula is C15H17N3OS. The number of fused-ring (bicyclic) bond motifs is 1. The Morgan fingerprint density at radius 1 is 1.60 bits per heavy atom. The van der Waals surface area contributed by atoms with Crippen LogP contribution in [0.3, 0.4) is 0 Å². The second-order valence-corrected chi connectivity index (χ2v) is 5.64. The number of pyridine rings is 1. The van der Waals surface area contributed by atoms with Crippen molar-refractivity contribution in [2.75, 3.05) is 5.73 Å². The van der Waals surface area contributed by atoms with E-state index in [0.29, 0.717) is 17.0 Å². The lowest BCUT2D eigenvalue weighted by Crippen LogP contribution is -2.33. The molecule has 104 valence electrons. The quantitative estimate of drug-likeness (QED) is 0.850.